The number of rotatable bonds is 5. The molecule has 1 fully saturated rings. The van der Waals surface area contributed by atoms with Crippen LogP contribution in [0.1, 0.15) is 27.3 Å². The number of ether oxygens (including phenoxy) is 1. The van der Waals surface area contributed by atoms with Gasteiger partial charge in [0.25, 0.3) is 5.91 Å². The summed E-state index contributed by atoms with van der Waals surface area (Å²) in [4.78, 5) is 14.4. The highest BCUT2D eigenvalue weighted by Crippen LogP contribution is 2.25. The van der Waals surface area contributed by atoms with Gasteiger partial charge in [-0.2, -0.15) is 0 Å². The Morgan fingerprint density at radius 2 is 1.69 bits per heavy atom. The van der Waals surface area contributed by atoms with Crippen molar-refractivity contribution in [2.24, 2.45) is 0 Å². The second-order valence-corrected chi connectivity index (χ2v) is 8.03. The van der Waals surface area contributed by atoms with Crippen LogP contribution in [0.25, 0.3) is 5.69 Å². The van der Waals surface area contributed by atoms with E-state index >= 15 is 0 Å². The predicted octanol–water partition coefficient (Wildman–Crippen LogP) is 3.65. The maximum Gasteiger partial charge on any atom is 0.254 e. The fourth-order valence-electron chi connectivity index (χ4n) is 3.27. The van der Waals surface area contributed by atoms with Crippen molar-refractivity contribution in [3.05, 3.63) is 71.0 Å². The molecule has 1 saturated heterocycles. The van der Waals surface area contributed by atoms with Gasteiger partial charge in [0.2, 0.25) is 0 Å². The molecule has 0 aliphatic carbocycles. The summed E-state index contributed by atoms with van der Waals surface area (Å²) in [5.74, 6) is 1.70. The van der Waals surface area contributed by atoms with Crippen LogP contribution in [0.4, 0.5) is 0 Å². The highest BCUT2D eigenvalue weighted by Gasteiger charge is 2.18. The Morgan fingerprint density at radius 1 is 1.00 bits per heavy atom. The molecule has 1 aliphatic rings. The summed E-state index contributed by atoms with van der Waals surface area (Å²) < 4.78 is 7.39. The lowest BCUT2D eigenvalue weighted by Crippen LogP contribution is -2.40. The Balaban J connectivity index is 1.43. The van der Waals surface area contributed by atoms with Crippen molar-refractivity contribution < 1.29 is 9.53 Å². The summed E-state index contributed by atoms with van der Waals surface area (Å²) in [5, 5.41) is 9.45. The number of nitrogens with zero attached hydrogens (tertiary/aromatic N) is 4. The molecule has 0 radical (unpaired) electrons. The third-order valence-corrected chi connectivity index (χ3v) is 5.95. The van der Waals surface area contributed by atoms with Crippen molar-refractivity contribution in [2.75, 3.05) is 26.3 Å². The molecule has 1 amide bonds. The minimum Gasteiger partial charge on any atom is -0.378 e. The Morgan fingerprint density at radius 3 is 2.38 bits per heavy atom. The molecule has 0 atom stereocenters. The molecule has 0 bridgehead atoms. The summed E-state index contributed by atoms with van der Waals surface area (Å²) in [6, 6.07) is 16.2. The number of aromatic nitrogens is 3. The van der Waals surface area contributed by atoms with E-state index in [0.29, 0.717) is 26.3 Å². The molecular formula is C22H24N4O2S. The Kier molecular flexibility index (Phi) is 5.97. The standard InChI is InChI=1S/C22H24N4O2S/c1-16-3-9-20(10-4-16)26-17(2)23-24-22(26)29-15-18-5-7-19(8-6-18)21(27)25-11-13-28-14-12-25/h3-10H,11-15H2,1-2H3. The zero-order valence-corrected chi connectivity index (χ0v) is 17.5. The van der Waals surface area contributed by atoms with E-state index in [-0.39, 0.29) is 5.91 Å². The number of morpholine rings is 1. The van der Waals surface area contributed by atoms with Crippen LogP contribution < -0.4 is 0 Å². The first kappa shape index (κ1) is 19.7. The summed E-state index contributed by atoms with van der Waals surface area (Å²) in [5.41, 5.74) is 4.15. The predicted molar refractivity (Wildman–Crippen MR) is 114 cm³/mol. The molecule has 3 aromatic rings. The van der Waals surface area contributed by atoms with Gasteiger partial charge in [0.05, 0.1) is 13.2 Å². The number of carbonyl (C=O) groups is 1. The van der Waals surface area contributed by atoms with Crippen molar-refractivity contribution >= 4 is 17.7 Å². The van der Waals surface area contributed by atoms with E-state index in [4.69, 9.17) is 4.74 Å². The molecular weight excluding hydrogens is 384 g/mol. The minimum absolute atomic E-state index is 0.0715. The molecule has 2 heterocycles. The molecule has 1 aliphatic heterocycles. The molecule has 0 spiro atoms. The van der Waals surface area contributed by atoms with Gasteiger partial charge in [-0.1, -0.05) is 41.6 Å². The SMILES string of the molecule is Cc1ccc(-n2c(C)nnc2SCc2ccc(C(=O)N3CCOCC3)cc2)cc1. The largest absolute Gasteiger partial charge is 0.378 e. The molecule has 150 valence electrons. The first-order valence-electron chi connectivity index (χ1n) is 9.69. The molecule has 0 N–H and O–H groups in total. The smallest absolute Gasteiger partial charge is 0.254 e. The molecule has 4 rings (SSSR count). The average Bonchev–Trinajstić information content (AvgIpc) is 3.13. The van der Waals surface area contributed by atoms with Crippen LogP contribution in [-0.4, -0.2) is 51.9 Å². The van der Waals surface area contributed by atoms with Crippen molar-refractivity contribution in [1.29, 1.82) is 0 Å². The van der Waals surface area contributed by atoms with Crippen LogP contribution in [0.3, 0.4) is 0 Å². The second kappa shape index (κ2) is 8.80. The van der Waals surface area contributed by atoms with E-state index in [1.54, 1.807) is 11.8 Å². The Bertz CT molecular complexity index is 977. The number of carbonyl (C=O) groups excluding carboxylic acids is 1. The van der Waals surface area contributed by atoms with E-state index < -0.39 is 0 Å². The van der Waals surface area contributed by atoms with Crippen LogP contribution in [0, 0.1) is 13.8 Å². The summed E-state index contributed by atoms with van der Waals surface area (Å²) >= 11 is 1.64. The van der Waals surface area contributed by atoms with E-state index in [9.17, 15) is 4.79 Å². The van der Waals surface area contributed by atoms with Gasteiger partial charge >= 0.3 is 0 Å². The third kappa shape index (κ3) is 4.52. The van der Waals surface area contributed by atoms with Crippen molar-refractivity contribution in [3.63, 3.8) is 0 Å². The number of hydrogen-bond acceptors (Lipinski definition) is 5. The highest BCUT2D eigenvalue weighted by molar-refractivity contribution is 7.98. The van der Waals surface area contributed by atoms with Crippen LogP contribution in [0.15, 0.2) is 53.7 Å². The normalized spacial score (nSPS) is 14.2. The molecule has 0 saturated carbocycles. The van der Waals surface area contributed by atoms with Gasteiger partial charge in [0.1, 0.15) is 5.82 Å². The van der Waals surface area contributed by atoms with Gasteiger partial charge in [-0.3, -0.25) is 9.36 Å². The van der Waals surface area contributed by atoms with Crippen LogP contribution in [0.2, 0.25) is 0 Å². The third-order valence-electron chi connectivity index (χ3n) is 4.95. The zero-order valence-electron chi connectivity index (χ0n) is 16.7. The zero-order chi connectivity index (χ0) is 20.2. The summed E-state index contributed by atoms with van der Waals surface area (Å²) in [7, 11) is 0. The molecule has 0 unspecified atom stereocenters. The first-order valence-corrected chi connectivity index (χ1v) is 10.7. The van der Waals surface area contributed by atoms with E-state index in [1.165, 1.54) is 5.56 Å². The fourth-order valence-corrected chi connectivity index (χ4v) is 4.22. The summed E-state index contributed by atoms with van der Waals surface area (Å²) in [6.07, 6.45) is 0. The van der Waals surface area contributed by atoms with Gasteiger partial charge in [-0.15, -0.1) is 10.2 Å². The van der Waals surface area contributed by atoms with E-state index in [2.05, 4.69) is 46.0 Å². The number of benzene rings is 2. The maximum atomic E-state index is 12.6. The van der Waals surface area contributed by atoms with Crippen LogP contribution in [-0.2, 0) is 10.5 Å². The number of amides is 1. The van der Waals surface area contributed by atoms with Crippen LogP contribution in [0.5, 0.6) is 0 Å². The van der Waals surface area contributed by atoms with Crippen molar-refractivity contribution in [3.8, 4) is 5.69 Å². The summed E-state index contributed by atoms with van der Waals surface area (Å²) in [6.45, 7) is 6.58. The van der Waals surface area contributed by atoms with Gasteiger partial charge in [-0.05, 0) is 43.7 Å². The Labute approximate surface area is 174 Å². The number of thioether (sulfide) groups is 1. The average molecular weight is 409 g/mol. The lowest BCUT2D eigenvalue weighted by Gasteiger charge is -2.26. The van der Waals surface area contributed by atoms with Crippen molar-refractivity contribution in [2.45, 2.75) is 24.8 Å². The maximum absolute atomic E-state index is 12.6. The number of hydrogen-bond donors (Lipinski definition) is 0. The van der Waals surface area contributed by atoms with Gasteiger partial charge in [-0.25, -0.2) is 0 Å². The monoisotopic (exact) mass is 408 g/mol. The second-order valence-electron chi connectivity index (χ2n) is 7.09. The molecule has 1 aromatic heterocycles. The topological polar surface area (TPSA) is 60.2 Å². The number of aryl methyl sites for hydroxylation is 2. The van der Waals surface area contributed by atoms with Crippen molar-refractivity contribution in [1.82, 2.24) is 19.7 Å². The van der Waals surface area contributed by atoms with Gasteiger partial charge in [0.15, 0.2) is 5.16 Å². The first-order chi connectivity index (χ1) is 14.1. The molecule has 7 heteroatoms. The molecule has 2 aromatic carbocycles. The molecule has 29 heavy (non-hydrogen) atoms. The van der Waals surface area contributed by atoms with Gasteiger partial charge in [0, 0.05) is 30.1 Å². The quantitative estimate of drug-likeness (QED) is 0.603. The van der Waals surface area contributed by atoms with E-state index in [1.807, 2.05) is 36.1 Å². The fraction of sp³-hybridized carbons (Fsp3) is 0.318. The lowest BCUT2D eigenvalue weighted by atomic mass is 10.1. The minimum atomic E-state index is 0.0715. The van der Waals surface area contributed by atoms with Crippen LogP contribution >= 0.6 is 11.8 Å². The van der Waals surface area contributed by atoms with Gasteiger partial charge < -0.3 is 9.64 Å². The Hall–Kier alpha value is -2.64. The lowest BCUT2D eigenvalue weighted by molar-refractivity contribution is 0.0303. The van der Waals surface area contributed by atoms with E-state index in [0.717, 1.165) is 33.5 Å². The highest BCUT2D eigenvalue weighted by atomic mass is 32.2. The molecule has 6 nitrogen and oxygen atoms in total.